The third-order valence-corrected chi connectivity index (χ3v) is 3.83. The van der Waals surface area contributed by atoms with Crippen molar-refractivity contribution < 1.29 is 9.53 Å². The van der Waals surface area contributed by atoms with Gasteiger partial charge in [0.05, 0.1) is 6.61 Å². The first-order chi connectivity index (χ1) is 12.2. The summed E-state index contributed by atoms with van der Waals surface area (Å²) in [5.41, 5.74) is 4.27. The van der Waals surface area contributed by atoms with Gasteiger partial charge in [-0.15, -0.1) is 10.2 Å². The monoisotopic (exact) mass is 333 g/mol. The van der Waals surface area contributed by atoms with Crippen molar-refractivity contribution in [3.8, 4) is 22.5 Å². The van der Waals surface area contributed by atoms with Gasteiger partial charge in [-0.1, -0.05) is 61.5 Å². The highest BCUT2D eigenvalue weighted by Gasteiger charge is 2.18. The molecule has 0 N–H and O–H groups in total. The Hall–Kier alpha value is -3.08. The molecule has 0 aliphatic rings. The number of hydrogen-bond acceptors (Lipinski definition) is 5. The van der Waals surface area contributed by atoms with Gasteiger partial charge in [0, 0.05) is 11.1 Å². The van der Waals surface area contributed by atoms with Crippen molar-refractivity contribution in [3.63, 3.8) is 0 Å². The Morgan fingerprint density at radius 1 is 0.880 bits per heavy atom. The summed E-state index contributed by atoms with van der Waals surface area (Å²) < 4.78 is 5.00. The van der Waals surface area contributed by atoms with Crippen LogP contribution in [0.1, 0.15) is 30.0 Å². The van der Waals surface area contributed by atoms with Crippen LogP contribution in [0.3, 0.4) is 0 Å². The molecule has 3 rings (SSSR count). The fourth-order valence-corrected chi connectivity index (χ4v) is 2.50. The molecule has 25 heavy (non-hydrogen) atoms. The van der Waals surface area contributed by atoms with E-state index in [1.54, 1.807) is 6.92 Å². The van der Waals surface area contributed by atoms with Gasteiger partial charge in [0.1, 0.15) is 11.4 Å². The lowest BCUT2D eigenvalue weighted by Crippen LogP contribution is -2.12. The van der Waals surface area contributed by atoms with Crippen LogP contribution in [0.15, 0.2) is 54.6 Å². The van der Waals surface area contributed by atoms with E-state index in [1.807, 2.05) is 42.5 Å². The molecular formula is C20H19N3O2. The van der Waals surface area contributed by atoms with E-state index >= 15 is 0 Å². The summed E-state index contributed by atoms with van der Waals surface area (Å²) in [6, 6.07) is 17.8. The summed E-state index contributed by atoms with van der Waals surface area (Å²) in [5.74, 6) is -0.600. The lowest BCUT2D eigenvalue weighted by atomic mass is 10.0. The van der Waals surface area contributed by atoms with Crippen LogP contribution in [0, 0.1) is 0 Å². The first kappa shape index (κ1) is 16.8. The summed E-state index contributed by atoms with van der Waals surface area (Å²) in [6.45, 7) is 4.12. The van der Waals surface area contributed by atoms with E-state index in [2.05, 4.69) is 34.2 Å². The van der Waals surface area contributed by atoms with Crippen molar-refractivity contribution in [2.75, 3.05) is 6.61 Å². The Morgan fingerprint density at radius 2 is 1.56 bits per heavy atom. The van der Waals surface area contributed by atoms with Crippen molar-refractivity contribution in [3.05, 3.63) is 66.0 Å². The lowest BCUT2D eigenvalue weighted by molar-refractivity contribution is 0.0510. The van der Waals surface area contributed by atoms with Gasteiger partial charge >= 0.3 is 5.97 Å². The average Bonchev–Trinajstić information content (AvgIpc) is 2.68. The molecule has 0 saturated heterocycles. The smallest absolute Gasteiger partial charge is 0.378 e. The molecule has 1 heterocycles. The highest BCUT2D eigenvalue weighted by molar-refractivity contribution is 5.87. The molecule has 5 nitrogen and oxygen atoms in total. The van der Waals surface area contributed by atoms with Gasteiger partial charge in [-0.05, 0) is 18.9 Å². The van der Waals surface area contributed by atoms with Crippen molar-refractivity contribution in [2.45, 2.75) is 20.3 Å². The Balaban J connectivity index is 2.13. The molecule has 0 amide bonds. The largest absolute Gasteiger partial charge is 0.460 e. The fraction of sp³-hybridized carbons (Fsp3) is 0.200. The van der Waals surface area contributed by atoms with Crippen LogP contribution >= 0.6 is 0 Å². The van der Waals surface area contributed by atoms with Crippen molar-refractivity contribution in [2.24, 2.45) is 0 Å². The third-order valence-electron chi connectivity index (χ3n) is 3.83. The van der Waals surface area contributed by atoms with E-state index in [9.17, 15) is 4.79 Å². The first-order valence-corrected chi connectivity index (χ1v) is 8.29. The van der Waals surface area contributed by atoms with Gasteiger partial charge in [-0.2, -0.15) is 0 Å². The highest BCUT2D eigenvalue weighted by atomic mass is 16.5. The van der Waals surface area contributed by atoms with Gasteiger partial charge in [0.15, 0.2) is 0 Å². The van der Waals surface area contributed by atoms with Crippen LogP contribution in [0.25, 0.3) is 22.5 Å². The lowest BCUT2D eigenvalue weighted by Gasteiger charge is -2.09. The normalized spacial score (nSPS) is 10.5. The number of carbonyl (C=O) groups excluding carboxylic acids is 1. The number of nitrogens with zero attached hydrogens (tertiary/aromatic N) is 3. The molecule has 0 spiro atoms. The maximum Gasteiger partial charge on any atom is 0.378 e. The van der Waals surface area contributed by atoms with E-state index in [1.165, 1.54) is 5.56 Å². The minimum Gasteiger partial charge on any atom is -0.460 e. The first-order valence-electron chi connectivity index (χ1n) is 8.29. The van der Waals surface area contributed by atoms with Crippen LogP contribution in [0.5, 0.6) is 0 Å². The van der Waals surface area contributed by atoms with Crippen LogP contribution in [0.4, 0.5) is 0 Å². The van der Waals surface area contributed by atoms with E-state index in [0.29, 0.717) is 11.4 Å². The van der Waals surface area contributed by atoms with E-state index in [4.69, 9.17) is 4.74 Å². The number of ether oxygens (including phenoxy) is 1. The standard InChI is InChI=1S/C20H19N3O2/c1-3-14-10-12-16(13-11-14)17-18(15-8-6-5-7-9-15)22-23-19(21-17)20(24)25-4-2/h5-13H,3-4H2,1-2H3. The third kappa shape index (κ3) is 3.71. The minimum atomic E-state index is -0.568. The molecule has 0 aliphatic carbocycles. The van der Waals surface area contributed by atoms with Gasteiger partial charge in [0.2, 0.25) is 0 Å². The number of benzene rings is 2. The Labute approximate surface area is 146 Å². The molecule has 0 unspecified atom stereocenters. The maximum atomic E-state index is 12.0. The Kier molecular flexibility index (Phi) is 5.14. The SMILES string of the molecule is CCOC(=O)c1nnc(-c2ccccc2)c(-c2ccc(CC)cc2)n1. The predicted octanol–water partition coefficient (Wildman–Crippen LogP) is 3.94. The predicted molar refractivity (Wildman–Crippen MR) is 96.0 cm³/mol. The van der Waals surface area contributed by atoms with Crippen LogP contribution in [-0.4, -0.2) is 27.8 Å². The number of aromatic nitrogens is 3. The molecular weight excluding hydrogens is 314 g/mol. The summed E-state index contributed by atoms with van der Waals surface area (Å²) in [4.78, 5) is 16.4. The summed E-state index contributed by atoms with van der Waals surface area (Å²) in [5, 5.41) is 8.22. The molecule has 1 aromatic heterocycles. The zero-order chi connectivity index (χ0) is 17.6. The maximum absolute atomic E-state index is 12.0. The summed E-state index contributed by atoms with van der Waals surface area (Å²) >= 11 is 0. The van der Waals surface area contributed by atoms with Crippen LogP contribution in [-0.2, 0) is 11.2 Å². The van der Waals surface area contributed by atoms with Crippen molar-refractivity contribution in [1.29, 1.82) is 0 Å². The number of aryl methyl sites for hydroxylation is 1. The molecule has 0 radical (unpaired) electrons. The van der Waals surface area contributed by atoms with E-state index in [-0.39, 0.29) is 12.4 Å². The van der Waals surface area contributed by atoms with Crippen molar-refractivity contribution in [1.82, 2.24) is 15.2 Å². The highest BCUT2D eigenvalue weighted by Crippen LogP contribution is 2.28. The molecule has 0 saturated carbocycles. The summed E-state index contributed by atoms with van der Waals surface area (Å²) in [6.07, 6.45) is 0.960. The Bertz CT molecular complexity index is 862. The van der Waals surface area contributed by atoms with Gasteiger partial charge in [-0.25, -0.2) is 9.78 Å². The van der Waals surface area contributed by atoms with Crippen molar-refractivity contribution >= 4 is 5.97 Å². The number of hydrogen-bond donors (Lipinski definition) is 0. The quantitative estimate of drug-likeness (QED) is 0.662. The Morgan fingerprint density at radius 3 is 2.20 bits per heavy atom. The van der Waals surface area contributed by atoms with E-state index < -0.39 is 5.97 Å². The van der Waals surface area contributed by atoms with Gasteiger partial charge < -0.3 is 4.74 Å². The second-order valence-electron chi connectivity index (χ2n) is 5.47. The molecule has 0 atom stereocenters. The van der Waals surface area contributed by atoms with Gasteiger partial charge in [-0.3, -0.25) is 0 Å². The zero-order valence-electron chi connectivity index (χ0n) is 14.3. The molecule has 0 bridgehead atoms. The number of carbonyl (C=O) groups is 1. The molecule has 0 fully saturated rings. The molecule has 5 heteroatoms. The topological polar surface area (TPSA) is 65.0 Å². The number of esters is 1. The van der Waals surface area contributed by atoms with Gasteiger partial charge in [0.25, 0.3) is 5.82 Å². The summed E-state index contributed by atoms with van der Waals surface area (Å²) in [7, 11) is 0. The minimum absolute atomic E-state index is 0.0314. The average molecular weight is 333 g/mol. The van der Waals surface area contributed by atoms with Crippen LogP contribution < -0.4 is 0 Å². The second-order valence-corrected chi connectivity index (χ2v) is 5.47. The molecule has 2 aromatic carbocycles. The van der Waals surface area contributed by atoms with Crippen LogP contribution in [0.2, 0.25) is 0 Å². The molecule has 0 aliphatic heterocycles. The second kappa shape index (κ2) is 7.66. The van der Waals surface area contributed by atoms with E-state index in [0.717, 1.165) is 17.5 Å². The molecule has 126 valence electrons. The zero-order valence-corrected chi connectivity index (χ0v) is 14.3. The number of rotatable bonds is 5. The fourth-order valence-electron chi connectivity index (χ4n) is 2.50. The molecule has 3 aromatic rings.